The molecule has 7 heavy (non-hydrogen) atoms. The molecule has 42 valence electrons. The molecule has 0 aliphatic carbocycles. The average Bonchev–Trinajstić information content (AvgIpc) is 1.61. The number of halogens is 1. The van der Waals surface area contributed by atoms with Crippen LogP contribution in [0.1, 0.15) is 13.3 Å². The number of alkyl halides is 1. The van der Waals surface area contributed by atoms with E-state index >= 15 is 0 Å². The van der Waals surface area contributed by atoms with E-state index in [0.717, 1.165) is 4.91 Å². The molecular formula is C5H9FS. The molecule has 0 aliphatic rings. The van der Waals surface area contributed by atoms with Gasteiger partial charge in [0.2, 0.25) is 0 Å². The van der Waals surface area contributed by atoms with Crippen LogP contribution >= 0.6 is 12.6 Å². The van der Waals surface area contributed by atoms with Gasteiger partial charge in [0.1, 0.15) is 0 Å². The summed E-state index contributed by atoms with van der Waals surface area (Å²) in [6.07, 6.45) is 2.25. The fourth-order valence-electron chi connectivity index (χ4n) is 0.263. The van der Waals surface area contributed by atoms with Gasteiger partial charge in [-0.2, -0.15) is 0 Å². The lowest BCUT2D eigenvalue weighted by atomic mass is 10.4. The molecule has 0 aromatic carbocycles. The van der Waals surface area contributed by atoms with Crippen LogP contribution in [0, 0.1) is 0 Å². The molecule has 0 aromatic heterocycles. The molecule has 0 aromatic rings. The van der Waals surface area contributed by atoms with E-state index in [2.05, 4.69) is 12.6 Å². The number of allylic oxidation sites excluding steroid dienone is 2. The zero-order chi connectivity index (χ0) is 5.70. The van der Waals surface area contributed by atoms with Crippen molar-refractivity contribution in [1.82, 2.24) is 0 Å². The monoisotopic (exact) mass is 120 g/mol. The van der Waals surface area contributed by atoms with E-state index in [0.29, 0.717) is 6.42 Å². The molecule has 0 spiro atoms. The first-order valence-electron chi connectivity index (χ1n) is 2.19. The van der Waals surface area contributed by atoms with Gasteiger partial charge in [-0.1, -0.05) is 6.08 Å². The Balaban J connectivity index is 3.08. The molecule has 0 fully saturated rings. The van der Waals surface area contributed by atoms with Crippen LogP contribution < -0.4 is 0 Å². The zero-order valence-corrected chi connectivity index (χ0v) is 5.21. The highest BCUT2D eigenvalue weighted by molar-refractivity contribution is 7.84. The summed E-state index contributed by atoms with van der Waals surface area (Å²) in [4.78, 5) is 0.887. The van der Waals surface area contributed by atoms with Crippen molar-refractivity contribution in [3.63, 3.8) is 0 Å². The van der Waals surface area contributed by atoms with Crippen LogP contribution in [0.15, 0.2) is 11.0 Å². The van der Waals surface area contributed by atoms with E-state index in [4.69, 9.17) is 0 Å². The minimum Gasteiger partial charge on any atom is -0.251 e. The van der Waals surface area contributed by atoms with Crippen molar-refractivity contribution >= 4 is 12.6 Å². The number of hydrogen-bond donors (Lipinski definition) is 1. The fraction of sp³-hybridized carbons (Fsp3) is 0.600. The summed E-state index contributed by atoms with van der Waals surface area (Å²) < 4.78 is 11.3. The van der Waals surface area contributed by atoms with Crippen molar-refractivity contribution in [2.75, 3.05) is 6.67 Å². The lowest BCUT2D eigenvalue weighted by Crippen LogP contribution is -1.67. The Morgan fingerprint density at radius 3 is 2.57 bits per heavy atom. The summed E-state index contributed by atoms with van der Waals surface area (Å²) in [7, 11) is 0. The van der Waals surface area contributed by atoms with Crippen molar-refractivity contribution < 1.29 is 4.39 Å². The van der Waals surface area contributed by atoms with Crippen molar-refractivity contribution in [3.05, 3.63) is 11.0 Å². The van der Waals surface area contributed by atoms with Crippen LogP contribution in [0.4, 0.5) is 4.39 Å². The molecule has 0 aliphatic heterocycles. The van der Waals surface area contributed by atoms with Gasteiger partial charge >= 0.3 is 0 Å². The lowest BCUT2D eigenvalue weighted by molar-refractivity contribution is 0.501. The molecule has 0 bridgehead atoms. The minimum absolute atomic E-state index is 0.280. The van der Waals surface area contributed by atoms with E-state index in [1.165, 1.54) is 0 Å². The fourth-order valence-corrected chi connectivity index (χ4v) is 0.393. The number of rotatable bonds is 2. The van der Waals surface area contributed by atoms with E-state index in [1.807, 2.05) is 6.92 Å². The summed E-state index contributed by atoms with van der Waals surface area (Å²) in [5.41, 5.74) is 0. The highest BCUT2D eigenvalue weighted by atomic mass is 32.1. The second kappa shape index (κ2) is 4.19. The average molecular weight is 120 g/mol. The van der Waals surface area contributed by atoms with Crippen LogP contribution in [0.25, 0.3) is 0 Å². The Kier molecular flexibility index (Phi) is 4.20. The maximum absolute atomic E-state index is 11.3. The Morgan fingerprint density at radius 1 is 1.86 bits per heavy atom. The van der Waals surface area contributed by atoms with Crippen LogP contribution in [-0.2, 0) is 0 Å². The summed E-state index contributed by atoms with van der Waals surface area (Å²) in [5.74, 6) is 0. The van der Waals surface area contributed by atoms with E-state index in [1.54, 1.807) is 6.08 Å². The Hall–Kier alpha value is 0.0200. The second-order valence-electron chi connectivity index (χ2n) is 1.32. The van der Waals surface area contributed by atoms with Gasteiger partial charge in [0.25, 0.3) is 0 Å². The predicted octanol–water partition coefficient (Wildman–Crippen LogP) is 2.18. The highest BCUT2D eigenvalue weighted by Gasteiger charge is 1.76. The quantitative estimate of drug-likeness (QED) is 0.530. The van der Waals surface area contributed by atoms with Gasteiger partial charge in [-0.15, -0.1) is 12.6 Å². The molecule has 0 unspecified atom stereocenters. The molecule has 0 atom stereocenters. The van der Waals surface area contributed by atoms with Crippen molar-refractivity contribution in [2.24, 2.45) is 0 Å². The maximum Gasteiger partial charge on any atom is 0.0929 e. The van der Waals surface area contributed by atoms with Crippen LogP contribution in [0.5, 0.6) is 0 Å². The summed E-state index contributed by atoms with van der Waals surface area (Å²) >= 11 is 3.93. The smallest absolute Gasteiger partial charge is 0.0929 e. The lowest BCUT2D eigenvalue weighted by Gasteiger charge is -1.82. The largest absolute Gasteiger partial charge is 0.251 e. The van der Waals surface area contributed by atoms with Crippen molar-refractivity contribution in [1.29, 1.82) is 0 Å². The number of hydrogen-bond acceptors (Lipinski definition) is 1. The van der Waals surface area contributed by atoms with Crippen molar-refractivity contribution in [3.8, 4) is 0 Å². The third-order valence-corrected chi connectivity index (χ3v) is 0.731. The van der Waals surface area contributed by atoms with Gasteiger partial charge in [0, 0.05) is 0 Å². The van der Waals surface area contributed by atoms with Gasteiger partial charge in [-0.25, -0.2) is 0 Å². The molecule has 0 heterocycles. The molecule has 0 nitrogen and oxygen atoms in total. The predicted molar refractivity (Wildman–Crippen MR) is 33.3 cm³/mol. The summed E-state index contributed by atoms with van der Waals surface area (Å²) in [6.45, 7) is 1.55. The minimum atomic E-state index is -0.280. The van der Waals surface area contributed by atoms with E-state index < -0.39 is 0 Å². The van der Waals surface area contributed by atoms with Gasteiger partial charge in [-0.05, 0) is 18.2 Å². The third kappa shape index (κ3) is 6.02. The van der Waals surface area contributed by atoms with Gasteiger partial charge < -0.3 is 0 Å². The summed E-state index contributed by atoms with van der Waals surface area (Å²) in [6, 6.07) is 0. The normalized spacial score (nSPS) is 12.1. The molecule has 0 radical (unpaired) electrons. The Morgan fingerprint density at radius 2 is 2.43 bits per heavy atom. The molecule has 0 amide bonds. The van der Waals surface area contributed by atoms with Gasteiger partial charge in [0.15, 0.2) is 0 Å². The number of thiol groups is 1. The first-order chi connectivity index (χ1) is 3.27. The van der Waals surface area contributed by atoms with E-state index in [9.17, 15) is 4.39 Å². The molecule has 0 saturated heterocycles. The first-order valence-corrected chi connectivity index (χ1v) is 2.64. The van der Waals surface area contributed by atoms with Crippen LogP contribution in [-0.4, -0.2) is 6.67 Å². The molecule has 0 rings (SSSR count). The molecule has 2 heteroatoms. The topological polar surface area (TPSA) is 0 Å². The molecule has 0 saturated carbocycles. The molecular weight excluding hydrogens is 111 g/mol. The maximum atomic E-state index is 11.3. The van der Waals surface area contributed by atoms with Gasteiger partial charge in [0.05, 0.1) is 6.67 Å². The zero-order valence-electron chi connectivity index (χ0n) is 4.32. The molecule has 0 N–H and O–H groups in total. The third-order valence-electron chi connectivity index (χ3n) is 0.549. The second-order valence-corrected chi connectivity index (χ2v) is 2.03. The standard InChI is InChI=1S/C5H9FS/c1-5(7)3-2-4-6/h3,7H,2,4H2,1H3/b5-3+. The summed E-state index contributed by atoms with van der Waals surface area (Å²) in [5, 5.41) is 0. The van der Waals surface area contributed by atoms with Crippen molar-refractivity contribution in [2.45, 2.75) is 13.3 Å². The Bertz CT molecular complexity index is 64.5. The first kappa shape index (κ1) is 7.02. The van der Waals surface area contributed by atoms with Crippen LogP contribution in [0.3, 0.4) is 0 Å². The highest BCUT2D eigenvalue weighted by Crippen LogP contribution is 1.98. The van der Waals surface area contributed by atoms with E-state index in [-0.39, 0.29) is 6.67 Å². The van der Waals surface area contributed by atoms with Gasteiger partial charge in [-0.3, -0.25) is 4.39 Å². The van der Waals surface area contributed by atoms with Crippen LogP contribution in [0.2, 0.25) is 0 Å². The SMILES string of the molecule is C/C(S)=C\CCF. The Labute approximate surface area is 48.8 Å².